The summed E-state index contributed by atoms with van der Waals surface area (Å²) < 4.78 is 47.6. The lowest BCUT2D eigenvalue weighted by atomic mass is 10.2. The van der Waals surface area contributed by atoms with Crippen LogP contribution in [-0.2, 0) is 4.79 Å². The zero-order valence-electron chi connectivity index (χ0n) is 13.8. The van der Waals surface area contributed by atoms with Crippen LogP contribution in [0.3, 0.4) is 0 Å². The molecule has 0 unspecified atom stereocenters. The van der Waals surface area contributed by atoms with Crippen LogP contribution in [0.25, 0.3) is 6.08 Å². The average Bonchev–Trinajstić information content (AvgIpc) is 2.90. The highest BCUT2D eigenvalue weighted by atomic mass is 32.2. The molecule has 0 atom stereocenters. The van der Waals surface area contributed by atoms with Crippen molar-refractivity contribution < 1.29 is 27.4 Å². The van der Waals surface area contributed by atoms with Crippen molar-refractivity contribution in [3.63, 3.8) is 0 Å². The molecule has 0 spiro atoms. The Morgan fingerprint density at radius 3 is 2.48 bits per heavy atom. The van der Waals surface area contributed by atoms with Crippen molar-refractivity contribution in [2.45, 2.75) is 6.61 Å². The standard InChI is InChI=1S/C18H12F3NO3S2/c1-24-14-8-10(2-7-13(14)25-17(20)21)9-15-16(23)22(18(26)27-15)12-5-3-11(19)4-6-12/h2-9,17H,1H3/b15-9-. The Labute approximate surface area is 162 Å². The number of rotatable bonds is 5. The van der Waals surface area contributed by atoms with Crippen LogP contribution in [0.5, 0.6) is 11.5 Å². The van der Waals surface area contributed by atoms with E-state index in [-0.39, 0.29) is 17.4 Å². The third kappa shape index (κ3) is 4.25. The summed E-state index contributed by atoms with van der Waals surface area (Å²) in [5, 5.41) is 0. The fourth-order valence-electron chi connectivity index (χ4n) is 2.40. The van der Waals surface area contributed by atoms with Crippen molar-refractivity contribution >= 4 is 46.0 Å². The molecular formula is C18H12F3NO3S2. The normalized spacial score (nSPS) is 15.7. The van der Waals surface area contributed by atoms with Crippen LogP contribution in [-0.4, -0.2) is 23.9 Å². The summed E-state index contributed by atoms with van der Waals surface area (Å²) in [5.74, 6) is -0.775. The van der Waals surface area contributed by atoms with E-state index in [1.807, 2.05) is 0 Å². The second-order valence-electron chi connectivity index (χ2n) is 5.28. The van der Waals surface area contributed by atoms with Crippen molar-refractivity contribution in [1.82, 2.24) is 0 Å². The maximum absolute atomic E-state index is 13.1. The van der Waals surface area contributed by atoms with Gasteiger partial charge in [0.1, 0.15) is 5.82 Å². The van der Waals surface area contributed by atoms with Gasteiger partial charge >= 0.3 is 6.61 Å². The first-order valence-electron chi connectivity index (χ1n) is 7.55. The predicted octanol–water partition coefficient (Wildman–Crippen LogP) is 4.84. The van der Waals surface area contributed by atoms with Crippen molar-refractivity contribution in [1.29, 1.82) is 0 Å². The molecule has 0 saturated carbocycles. The van der Waals surface area contributed by atoms with Gasteiger partial charge in [-0.25, -0.2) is 4.39 Å². The number of hydrogen-bond donors (Lipinski definition) is 0. The molecule has 27 heavy (non-hydrogen) atoms. The van der Waals surface area contributed by atoms with Gasteiger partial charge < -0.3 is 9.47 Å². The number of thioether (sulfide) groups is 1. The van der Waals surface area contributed by atoms with Gasteiger partial charge in [0.25, 0.3) is 5.91 Å². The molecule has 2 aromatic carbocycles. The van der Waals surface area contributed by atoms with E-state index in [9.17, 15) is 18.0 Å². The summed E-state index contributed by atoms with van der Waals surface area (Å²) in [4.78, 5) is 14.3. The third-order valence-electron chi connectivity index (χ3n) is 3.58. The number of methoxy groups -OCH3 is 1. The molecule has 1 heterocycles. The lowest BCUT2D eigenvalue weighted by Crippen LogP contribution is -2.27. The predicted molar refractivity (Wildman–Crippen MR) is 102 cm³/mol. The largest absolute Gasteiger partial charge is 0.493 e. The number of anilines is 1. The fraction of sp³-hybridized carbons (Fsp3) is 0.111. The van der Waals surface area contributed by atoms with E-state index in [2.05, 4.69) is 4.74 Å². The van der Waals surface area contributed by atoms with Crippen LogP contribution < -0.4 is 14.4 Å². The molecule has 0 bridgehead atoms. The number of thiocarbonyl (C=S) groups is 1. The van der Waals surface area contributed by atoms with Gasteiger partial charge in [0.2, 0.25) is 0 Å². The molecule has 1 aliphatic rings. The fourth-order valence-corrected chi connectivity index (χ4v) is 3.70. The van der Waals surface area contributed by atoms with E-state index in [0.717, 1.165) is 11.8 Å². The van der Waals surface area contributed by atoms with Crippen molar-refractivity contribution in [3.8, 4) is 11.5 Å². The Bertz CT molecular complexity index is 917. The number of alkyl halides is 2. The number of hydrogen-bond acceptors (Lipinski definition) is 5. The van der Waals surface area contributed by atoms with Gasteiger partial charge in [-0.15, -0.1) is 0 Å². The number of amides is 1. The van der Waals surface area contributed by atoms with Gasteiger partial charge in [0, 0.05) is 0 Å². The smallest absolute Gasteiger partial charge is 0.387 e. The van der Waals surface area contributed by atoms with Crippen molar-refractivity contribution in [3.05, 3.63) is 58.8 Å². The van der Waals surface area contributed by atoms with Gasteiger partial charge in [-0.1, -0.05) is 30.0 Å². The third-order valence-corrected chi connectivity index (χ3v) is 4.88. The van der Waals surface area contributed by atoms with Crippen molar-refractivity contribution in [2.24, 2.45) is 0 Å². The minimum Gasteiger partial charge on any atom is -0.493 e. The summed E-state index contributed by atoms with van der Waals surface area (Å²) in [6.45, 7) is -2.98. The summed E-state index contributed by atoms with van der Waals surface area (Å²) >= 11 is 6.34. The number of carbonyl (C=O) groups is 1. The minimum absolute atomic E-state index is 0.108. The highest BCUT2D eigenvalue weighted by Crippen LogP contribution is 2.37. The average molecular weight is 411 g/mol. The first-order valence-corrected chi connectivity index (χ1v) is 8.78. The van der Waals surface area contributed by atoms with E-state index < -0.39 is 12.4 Å². The van der Waals surface area contributed by atoms with Crippen LogP contribution in [0.1, 0.15) is 5.56 Å². The Kier molecular flexibility index (Phi) is 5.71. The van der Waals surface area contributed by atoms with Gasteiger partial charge in [-0.05, 0) is 48.0 Å². The SMILES string of the molecule is COc1cc(/C=C2\SC(=S)N(c3ccc(F)cc3)C2=O)ccc1OC(F)F. The lowest BCUT2D eigenvalue weighted by Gasteiger charge is -2.14. The zero-order valence-corrected chi connectivity index (χ0v) is 15.5. The molecule has 0 radical (unpaired) electrons. The van der Waals surface area contributed by atoms with Gasteiger partial charge in [-0.2, -0.15) is 8.78 Å². The van der Waals surface area contributed by atoms with Gasteiger partial charge in [-0.3, -0.25) is 9.69 Å². The number of halogens is 3. The monoisotopic (exact) mass is 411 g/mol. The number of ether oxygens (including phenoxy) is 2. The second kappa shape index (κ2) is 8.01. The number of benzene rings is 2. The molecule has 9 heteroatoms. The molecular weight excluding hydrogens is 399 g/mol. The molecule has 2 aromatic rings. The molecule has 0 aromatic heterocycles. The minimum atomic E-state index is -2.98. The Hall–Kier alpha value is -2.52. The highest BCUT2D eigenvalue weighted by molar-refractivity contribution is 8.27. The Morgan fingerprint density at radius 2 is 1.85 bits per heavy atom. The van der Waals surface area contributed by atoms with Gasteiger partial charge in [0.15, 0.2) is 15.8 Å². The summed E-state index contributed by atoms with van der Waals surface area (Å²) in [6, 6.07) is 9.73. The first kappa shape index (κ1) is 19.2. The molecule has 1 fully saturated rings. The van der Waals surface area contributed by atoms with Gasteiger partial charge in [0.05, 0.1) is 17.7 Å². The van der Waals surface area contributed by atoms with Crippen LogP contribution in [0.15, 0.2) is 47.4 Å². The molecule has 0 aliphatic carbocycles. The van der Waals surface area contributed by atoms with Crippen LogP contribution in [0, 0.1) is 5.82 Å². The lowest BCUT2D eigenvalue weighted by molar-refractivity contribution is -0.113. The summed E-state index contributed by atoms with van der Waals surface area (Å²) in [7, 11) is 1.32. The van der Waals surface area contributed by atoms with E-state index in [4.69, 9.17) is 17.0 Å². The highest BCUT2D eigenvalue weighted by Gasteiger charge is 2.33. The van der Waals surface area contributed by atoms with Crippen LogP contribution in [0.4, 0.5) is 18.9 Å². The summed E-state index contributed by atoms with van der Waals surface area (Å²) in [5.41, 5.74) is 1.01. The summed E-state index contributed by atoms with van der Waals surface area (Å²) in [6.07, 6.45) is 1.57. The quantitative estimate of drug-likeness (QED) is 0.520. The molecule has 1 saturated heterocycles. The van der Waals surface area contributed by atoms with Crippen LogP contribution >= 0.6 is 24.0 Å². The maximum atomic E-state index is 13.1. The number of carbonyl (C=O) groups excluding carboxylic acids is 1. The Balaban J connectivity index is 1.88. The van der Waals surface area contributed by atoms with E-state index >= 15 is 0 Å². The number of nitrogens with zero attached hydrogens (tertiary/aromatic N) is 1. The topological polar surface area (TPSA) is 38.8 Å². The van der Waals surface area contributed by atoms with E-state index in [1.165, 1.54) is 54.5 Å². The molecule has 3 rings (SSSR count). The molecule has 1 amide bonds. The van der Waals surface area contributed by atoms with Crippen LogP contribution in [0.2, 0.25) is 0 Å². The van der Waals surface area contributed by atoms with Crippen molar-refractivity contribution in [2.75, 3.05) is 12.0 Å². The Morgan fingerprint density at radius 1 is 1.15 bits per heavy atom. The molecule has 0 N–H and O–H groups in total. The molecule has 1 aliphatic heterocycles. The molecule has 140 valence electrons. The second-order valence-corrected chi connectivity index (χ2v) is 6.96. The van der Waals surface area contributed by atoms with E-state index in [0.29, 0.717) is 20.5 Å². The van der Waals surface area contributed by atoms with E-state index in [1.54, 1.807) is 6.08 Å². The maximum Gasteiger partial charge on any atom is 0.387 e. The molecule has 4 nitrogen and oxygen atoms in total. The first-order chi connectivity index (χ1) is 12.9. The zero-order chi connectivity index (χ0) is 19.6.